The van der Waals surface area contributed by atoms with Crippen LogP contribution in [0.1, 0.15) is 28.3 Å². The zero-order valence-corrected chi connectivity index (χ0v) is 20.7. The Balaban J connectivity index is 1.81. The lowest BCUT2D eigenvalue weighted by Crippen LogP contribution is -2.17. The Hall–Kier alpha value is -3.13. The summed E-state index contributed by atoms with van der Waals surface area (Å²) in [4.78, 5) is 16.8. The first kappa shape index (κ1) is 27.5. The molecule has 0 aliphatic heterocycles. The maximum absolute atomic E-state index is 13.5. The number of rotatable bonds is 10. The molecule has 2 aromatic heterocycles. The van der Waals surface area contributed by atoms with Crippen molar-refractivity contribution in [2.45, 2.75) is 32.5 Å². The van der Waals surface area contributed by atoms with Crippen LogP contribution >= 0.6 is 11.2 Å². The van der Waals surface area contributed by atoms with E-state index >= 15 is 0 Å². The summed E-state index contributed by atoms with van der Waals surface area (Å²) in [6.07, 6.45) is -2.98. The van der Waals surface area contributed by atoms with Crippen LogP contribution in [0.2, 0.25) is 0 Å². The summed E-state index contributed by atoms with van der Waals surface area (Å²) < 4.78 is 73.5. The molecule has 8 nitrogen and oxygen atoms in total. The number of amides is 1. The third-order valence-corrected chi connectivity index (χ3v) is 6.64. The van der Waals surface area contributed by atoms with Gasteiger partial charge in [-0.1, -0.05) is 0 Å². The van der Waals surface area contributed by atoms with E-state index in [0.29, 0.717) is 22.7 Å². The minimum Gasteiger partial charge on any atom is -0.452 e. The van der Waals surface area contributed by atoms with Crippen LogP contribution in [0.15, 0.2) is 30.6 Å². The average molecular weight is 535 g/mol. The molecule has 2 heterocycles. The van der Waals surface area contributed by atoms with Crippen LogP contribution in [-0.4, -0.2) is 50.2 Å². The van der Waals surface area contributed by atoms with E-state index in [1.807, 2.05) is 13.2 Å². The van der Waals surface area contributed by atoms with Gasteiger partial charge in [0.15, 0.2) is 11.5 Å². The molecule has 3 rings (SSSR count). The maximum atomic E-state index is 13.5. The molecule has 0 saturated carbocycles. The van der Waals surface area contributed by atoms with Gasteiger partial charge < -0.3 is 19.8 Å². The van der Waals surface area contributed by atoms with Crippen molar-refractivity contribution in [3.8, 4) is 17.0 Å². The van der Waals surface area contributed by atoms with Crippen LogP contribution in [0.25, 0.3) is 11.3 Å². The number of thiol groups is 1. The Morgan fingerprint density at radius 3 is 2.64 bits per heavy atom. The lowest BCUT2D eigenvalue weighted by atomic mass is 10.2. The number of alkyl halides is 5. The topological polar surface area (TPSA) is 100.0 Å². The van der Waals surface area contributed by atoms with Gasteiger partial charge in [0.05, 0.1) is 17.5 Å². The van der Waals surface area contributed by atoms with Gasteiger partial charge in [0, 0.05) is 24.7 Å². The quantitative estimate of drug-likeness (QED) is 0.265. The molecule has 0 aliphatic rings. The van der Waals surface area contributed by atoms with Gasteiger partial charge in [-0.3, -0.25) is 9.48 Å². The molecule has 0 radical (unpaired) electrons. The SMILES string of the molecule is Cc1cc(NC(=O)c2ncc(-c3cn(CC(F)F)nc3C(F)(F)F)n2C)ccc1O[SH](C)CCCN. The molecule has 3 N–H and O–H groups in total. The van der Waals surface area contributed by atoms with E-state index in [2.05, 4.69) is 15.4 Å². The third-order valence-electron chi connectivity index (χ3n) is 5.19. The summed E-state index contributed by atoms with van der Waals surface area (Å²) >= 11 is -0.689. The molecule has 198 valence electrons. The molecule has 3 aromatic rings. The fourth-order valence-corrected chi connectivity index (χ4v) is 4.73. The molecular weight excluding hydrogens is 507 g/mol. The molecule has 0 saturated heterocycles. The maximum Gasteiger partial charge on any atom is 0.435 e. The summed E-state index contributed by atoms with van der Waals surface area (Å²) in [5, 5.41) is 5.93. The van der Waals surface area contributed by atoms with E-state index in [-0.39, 0.29) is 11.5 Å². The van der Waals surface area contributed by atoms with E-state index in [1.165, 1.54) is 7.05 Å². The van der Waals surface area contributed by atoms with Gasteiger partial charge in [0.25, 0.3) is 12.3 Å². The molecular formula is C22H27F5N6O2S. The number of aryl methyl sites for hydroxylation is 1. The summed E-state index contributed by atoms with van der Waals surface area (Å²) in [6.45, 7) is 1.41. The van der Waals surface area contributed by atoms with Crippen LogP contribution in [0, 0.1) is 6.92 Å². The predicted molar refractivity (Wildman–Crippen MR) is 129 cm³/mol. The smallest absolute Gasteiger partial charge is 0.435 e. The van der Waals surface area contributed by atoms with Gasteiger partial charge in [-0.15, -0.1) is 11.2 Å². The first-order valence-electron chi connectivity index (χ1n) is 10.9. The minimum absolute atomic E-state index is 0.0956. The average Bonchev–Trinajstić information content (AvgIpc) is 3.37. The number of nitrogens with two attached hydrogens (primary N) is 1. The van der Waals surface area contributed by atoms with Crippen LogP contribution in [0.5, 0.6) is 5.75 Å². The minimum atomic E-state index is -4.89. The lowest BCUT2D eigenvalue weighted by Gasteiger charge is -2.19. The highest BCUT2D eigenvalue weighted by molar-refractivity contribution is 8.12. The standard InChI is InChI=1S/C22H27F5N6O2S/c1-13-9-14(5-6-17(13)35-36(3)8-4-7-28)30-21(34)20-29-10-16(32(20)2)15-11-33(12-18(23)24)31-19(15)22(25,26)27/h5-6,9-11,18,36H,4,7-8,12,28H2,1-3H3,(H,30,34). The lowest BCUT2D eigenvalue weighted by molar-refractivity contribution is -0.141. The van der Waals surface area contributed by atoms with Crippen molar-refractivity contribution in [2.24, 2.45) is 12.8 Å². The number of imidazole rings is 1. The summed E-state index contributed by atoms with van der Waals surface area (Å²) in [7, 11) is 1.36. The normalized spacial score (nSPS) is 13.2. The number of carbonyl (C=O) groups is 1. The van der Waals surface area contributed by atoms with Crippen LogP contribution < -0.4 is 15.2 Å². The van der Waals surface area contributed by atoms with Crippen LogP contribution in [-0.2, 0) is 19.8 Å². The number of anilines is 1. The van der Waals surface area contributed by atoms with Gasteiger partial charge in [-0.25, -0.2) is 13.8 Å². The highest BCUT2D eigenvalue weighted by Crippen LogP contribution is 2.36. The molecule has 1 aromatic carbocycles. The van der Waals surface area contributed by atoms with E-state index in [9.17, 15) is 26.7 Å². The van der Waals surface area contributed by atoms with Crippen LogP contribution in [0.3, 0.4) is 0 Å². The molecule has 0 aliphatic carbocycles. The van der Waals surface area contributed by atoms with E-state index in [1.54, 1.807) is 18.2 Å². The van der Waals surface area contributed by atoms with Crippen molar-refractivity contribution in [1.29, 1.82) is 0 Å². The van der Waals surface area contributed by atoms with Gasteiger partial charge in [0.1, 0.15) is 12.3 Å². The fraction of sp³-hybridized carbons (Fsp3) is 0.409. The van der Waals surface area contributed by atoms with Crippen molar-refractivity contribution in [3.05, 3.63) is 47.7 Å². The monoisotopic (exact) mass is 534 g/mol. The number of hydrogen-bond donors (Lipinski definition) is 3. The Morgan fingerprint density at radius 2 is 2.03 bits per heavy atom. The fourth-order valence-electron chi connectivity index (χ4n) is 3.47. The van der Waals surface area contributed by atoms with Gasteiger partial charge in [-0.2, -0.15) is 18.3 Å². The van der Waals surface area contributed by atoms with Crippen molar-refractivity contribution < 1.29 is 30.9 Å². The number of halogens is 5. The summed E-state index contributed by atoms with van der Waals surface area (Å²) in [6, 6.07) is 5.08. The number of nitrogens with one attached hydrogen (secondary N) is 1. The number of carbonyl (C=O) groups excluding carboxylic acids is 1. The second kappa shape index (κ2) is 11.3. The zero-order valence-electron chi connectivity index (χ0n) is 19.8. The highest BCUT2D eigenvalue weighted by atomic mass is 32.2. The van der Waals surface area contributed by atoms with Crippen molar-refractivity contribution in [1.82, 2.24) is 19.3 Å². The summed E-state index contributed by atoms with van der Waals surface area (Å²) in [5.41, 5.74) is 4.87. The first-order chi connectivity index (χ1) is 16.9. The van der Waals surface area contributed by atoms with E-state index in [4.69, 9.17) is 9.92 Å². The number of benzene rings is 1. The number of hydrogen-bond acceptors (Lipinski definition) is 5. The Bertz CT molecular complexity index is 1210. The van der Waals surface area contributed by atoms with Crippen LogP contribution in [0.4, 0.5) is 27.6 Å². The van der Waals surface area contributed by atoms with Gasteiger partial charge in [0.2, 0.25) is 0 Å². The molecule has 0 fully saturated rings. The van der Waals surface area contributed by atoms with Gasteiger partial charge >= 0.3 is 6.18 Å². The Labute approximate surface area is 207 Å². The Kier molecular flexibility index (Phi) is 8.61. The van der Waals surface area contributed by atoms with Crippen molar-refractivity contribution >= 4 is 22.8 Å². The second-order valence-corrected chi connectivity index (χ2v) is 9.93. The second-order valence-electron chi connectivity index (χ2n) is 8.05. The zero-order chi connectivity index (χ0) is 26.6. The highest BCUT2D eigenvalue weighted by Gasteiger charge is 2.38. The van der Waals surface area contributed by atoms with E-state index < -0.39 is 47.5 Å². The molecule has 1 amide bonds. The Morgan fingerprint density at radius 1 is 1.31 bits per heavy atom. The third kappa shape index (κ3) is 6.55. The van der Waals surface area contributed by atoms with Gasteiger partial charge in [-0.05, 0) is 49.9 Å². The van der Waals surface area contributed by atoms with Crippen molar-refractivity contribution in [3.63, 3.8) is 0 Å². The number of aromatic nitrogens is 4. The molecule has 1 unspecified atom stereocenters. The summed E-state index contributed by atoms with van der Waals surface area (Å²) in [5.74, 6) is 0.712. The molecule has 1 atom stereocenters. The van der Waals surface area contributed by atoms with Crippen molar-refractivity contribution in [2.75, 3.05) is 23.9 Å². The molecule has 36 heavy (non-hydrogen) atoms. The molecule has 0 bridgehead atoms. The predicted octanol–water partition coefficient (Wildman–Crippen LogP) is 4.40. The largest absolute Gasteiger partial charge is 0.452 e. The molecule has 14 heteroatoms. The number of nitrogens with zero attached hydrogens (tertiary/aromatic N) is 4. The van der Waals surface area contributed by atoms with E-state index in [0.717, 1.165) is 34.7 Å². The molecule has 0 spiro atoms. The first-order valence-corrected chi connectivity index (χ1v) is 12.8.